The fourth-order valence-electron chi connectivity index (χ4n) is 7.15. The van der Waals surface area contributed by atoms with E-state index in [-0.39, 0.29) is 66.8 Å². The van der Waals surface area contributed by atoms with Gasteiger partial charge in [-0.05, 0) is 56.2 Å². The molecule has 5 heterocycles. The number of rotatable bonds is 2. The van der Waals surface area contributed by atoms with Gasteiger partial charge >= 0.3 is 0 Å². The van der Waals surface area contributed by atoms with Crippen molar-refractivity contribution in [3.8, 4) is 5.88 Å². The van der Waals surface area contributed by atoms with Gasteiger partial charge in [0.1, 0.15) is 18.1 Å². The number of hydrogen-bond donors (Lipinski definition) is 1. The minimum atomic E-state index is -0.543. The molecule has 1 aromatic heterocycles. The van der Waals surface area contributed by atoms with E-state index in [0.29, 0.717) is 51.1 Å². The Hall–Kier alpha value is -3.57. The van der Waals surface area contributed by atoms with Gasteiger partial charge in [0.05, 0.1) is 24.8 Å². The number of fused-ring (bicyclic) bond motifs is 10. The Morgan fingerprint density at radius 1 is 0.909 bits per heavy atom. The lowest BCUT2D eigenvalue weighted by Gasteiger charge is -2.38. The smallest absolute Gasteiger partial charge is 0.270 e. The first kappa shape index (κ1) is 30.5. The number of benzene rings is 1. The Bertz CT molecular complexity index is 1330. The van der Waals surface area contributed by atoms with Gasteiger partial charge < -0.3 is 24.6 Å². The summed E-state index contributed by atoms with van der Waals surface area (Å²) in [7, 11) is 0. The predicted molar refractivity (Wildman–Crippen MR) is 161 cm³/mol. The number of nitrogens with one attached hydrogen (secondary N) is 1. The summed E-state index contributed by atoms with van der Waals surface area (Å²) in [6.45, 7) is 3.39. The van der Waals surface area contributed by atoms with Crippen molar-refractivity contribution >= 4 is 17.7 Å². The number of amides is 3. The molecule has 2 saturated heterocycles. The van der Waals surface area contributed by atoms with Crippen molar-refractivity contribution in [2.75, 3.05) is 52.5 Å². The molecule has 44 heavy (non-hydrogen) atoms. The summed E-state index contributed by atoms with van der Waals surface area (Å²) in [5, 5.41) is 3.14. The molecule has 11 heteroatoms. The van der Waals surface area contributed by atoms with E-state index in [0.717, 1.165) is 38.5 Å². The summed E-state index contributed by atoms with van der Waals surface area (Å²) in [5.74, 6) is -0.547. The van der Waals surface area contributed by atoms with Crippen LogP contribution in [0, 0.1) is 11.7 Å². The van der Waals surface area contributed by atoms with Gasteiger partial charge in [0.25, 0.3) is 11.8 Å². The number of nitrogens with zero attached hydrogens (tertiary/aromatic N) is 4. The third kappa shape index (κ3) is 7.04. The Kier molecular flexibility index (Phi) is 9.71. The number of carbonyl (C=O) groups is 3. The molecule has 1 saturated carbocycles. The van der Waals surface area contributed by atoms with E-state index in [2.05, 4.69) is 15.2 Å². The highest BCUT2D eigenvalue weighted by molar-refractivity contribution is 5.94. The molecular weight excluding hydrogens is 565 g/mol. The Morgan fingerprint density at radius 3 is 2.50 bits per heavy atom. The van der Waals surface area contributed by atoms with Crippen molar-refractivity contribution < 1.29 is 28.2 Å². The molecule has 7 rings (SSSR count). The molecule has 3 fully saturated rings. The van der Waals surface area contributed by atoms with Gasteiger partial charge in [-0.3, -0.25) is 19.3 Å². The zero-order chi connectivity index (χ0) is 30.5. The van der Waals surface area contributed by atoms with Gasteiger partial charge in [-0.1, -0.05) is 31.0 Å². The number of likely N-dealkylation sites (tertiary alicyclic amines) is 1. The van der Waals surface area contributed by atoms with Gasteiger partial charge in [0.15, 0.2) is 0 Å². The molecule has 0 radical (unpaired) electrons. The molecule has 6 bridgehead atoms. The summed E-state index contributed by atoms with van der Waals surface area (Å²) >= 11 is 0. The Morgan fingerprint density at radius 2 is 1.70 bits per heavy atom. The van der Waals surface area contributed by atoms with Crippen LogP contribution in [-0.2, 0) is 9.53 Å². The summed E-state index contributed by atoms with van der Waals surface area (Å²) < 4.78 is 26.1. The van der Waals surface area contributed by atoms with Crippen LogP contribution in [0.4, 0.5) is 4.39 Å². The van der Waals surface area contributed by atoms with E-state index in [1.54, 1.807) is 35.2 Å². The molecule has 1 N–H and O–H groups in total. The van der Waals surface area contributed by atoms with Gasteiger partial charge in [-0.15, -0.1) is 0 Å². The molecule has 1 aliphatic carbocycles. The van der Waals surface area contributed by atoms with Crippen molar-refractivity contribution in [3.05, 3.63) is 59.5 Å². The van der Waals surface area contributed by atoms with Gasteiger partial charge in [-0.25, -0.2) is 9.37 Å². The van der Waals surface area contributed by atoms with E-state index in [1.165, 1.54) is 12.1 Å². The number of halogens is 1. The maximum Gasteiger partial charge on any atom is 0.270 e. The normalized spacial score (nSPS) is 26.2. The number of aromatic nitrogens is 1. The second-order valence-corrected chi connectivity index (χ2v) is 12.4. The number of pyridine rings is 1. The van der Waals surface area contributed by atoms with Crippen LogP contribution < -0.4 is 10.1 Å². The number of piperidine rings is 1. The first-order chi connectivity index (χ1) is 21.5. The number of carbonyl (C=O) groups excluding carboxylic acids is 3. The molecule has 10 nitrogen and oxygen atoms in total. The van der Waals surface area contributed by atoms with E-state index < -0.39 is 5.82 Å². The van der Waals surface area contributed by atoms with Crippen molar-refractivity contribution in [2.24, 2.45) is 5.92 Å². The maximum absolute atomic E-state index is 14.6. The fourth-order valence-corrected chi connectivity index (χ4v) is 7.15. The Labute approximate surface area is 257 Å². The number of ether oxygens (including phenoxy) is 2. The minimum Gasteiger partial charge on any atom is -0.475 e. The molecule has 5 aliphatic rings. The van der Waals surface area contributed by atoms with Crippen LogP contribution in [0.5, 0.6) is 5.88 Å². The van der Waals surface area contributed by atoms with Crippen LogP contribution >= 0.6 is 0 Å². The molecular formula is C33H42FN5O5. The van der Waals surface area contributed by atoms with Crippen molar-refractivity contribution in [3.63, 3.8) is 0 Å². The van der Waals surface area contributed by atoms with E-state index in [1.807, 2.05) is 4.90 Å². The van der Waals surface area contributed by atoms with Crippen LogP contribution in [0.15, 0.2) is 42.5 Å². The fraction of sp³-hybridized carbons (Fsp3) is 0.576. The monoisotopic (exact) mass is 607 g/mol. The molecule has 1 aromatic carbocycles. The van der Waals surface area contributed by atoms with E-state index in [4.69, 9.17) is 9.47 Å². The van der Waals surface area contributed by atoms with Crippen LogP contribution in [0.3, 0.4) is 0 Å². The number of hydrogen-bond acceptors (Lipinski definition) is 7. The largest absolute Gasteiger partial charge is 0.475 e. The molecule has 2 atom stereocenters. The summed E-state index contributed by atoms with van der Waals surface area (Å²) in [5.41, 5.74) is 0.312. The van der Waals surface area contributed by atoms with Gasteiger partial charge in [0.2, 0.25) is 11.8 Å². The molecule has 236 valence electrons. The van der Waals surface area contributed by atoms with Gasteiger partial charge in [-0.2, -0.15) is 0 Å². The quantitative estimate of drug-likeness (QED) is 0.524. The summed E-state index contributed by atoms with van der Waals surface area (Å²) in [4.78, 5) is 51.0. The van der Waals surface area contributed by atoms with Crippen molar-refractivity contribution in [1.29, 1.82) is 0 Å². The van der Waals surface area contributed by atoms with Crippen molar-refractivity contribution in [1.82, 2.24) is 25.0 Å². The average molecular weight is 608 g/mol. The highest BCUT2D eigenvalue weighted by Gasteiger charge is 2.43. The van der Waals surface area contributed by atoms with Crippen LogP contribution in [0.1, 0.15) is 65.8 Å². The zero-order valence-corrected chi connectivity index (χ0v) is 25.2. The highest BCUT2D eigenvalue weighted by atomic mass is 19.1. The highest BCUT2D eigenvalue weighted by Crippen LogP contribution is 2.32. The average Bonchev–Trinajstić information content (AvgIpc) is 3.72. The Balaban J connectivity index is 1.21. The molecule has 2 aromatic rings. The third-order valence-electron chi connectivity index (χ3n) is 9.49. The lowest BCUT2D eigenvalue weighted by molar-refractivity contribution is -0.138. The molecule has 4 aliphatic heterocycles. The zero-order valence-electron chi connectivity index (χ0n) is 25.2. The van der Waals surface area contributed by atoms with Crippen LogP contribution in [-0.4, -0.2) is 108 Å². The molecule has 0 spiro atoms. The van der Waals surface area contributed by atoms with E-state index >= 15 is 0 Å². The summed E-state index contributed by atoms with van der Waals surface area (Å²) in [6.07, 6.45) is 6.56. The molecule has 3 amide bonds. The lowest BCUT2D eigenvalue weighted by atomic mass is 9.95. The second-order valence-electron chi connectivity index (χ2n) is 12.4. The van der Waals surface area contributed by atoms with E-state index in [9.17, 15) is 18.8 Å². The topological polar surface area (TPSA) is 104 Å². The summed E-state index contributed by atoms with van der Waals surface area (Å²) in [6, 6.07) is 11.1. The SMILES string of the molecule is O=C1N[C@H]2C[C@@H](C(=O)N3CCC(CC3)CN(C(=O)c3ccccc3F)CCOCCOc3cccc1n3)N(C1CCCC1)C2. The van der Waals surface area contributed by atoms with Crippen molar-refractivity contribution in [2.45, 2.75) is 63.1 Å². The molecule has 0 unspecified atom stereocenters. The first-order valence-electron chi connectivity index (χ1n) is 16.0. The second kappa shape index (κ2) is 14.0. The van der Waals surface area contributed by atoms with Gasteiger partial charge in [0, 0.05) is 50.9 Å². The lowest BCUT2D eigenvalue weighted by Crippen LogP contribution is -2.51. The van der Waals surface area contributed by atoms with Crippen LogP contribution in [0.2, 0.25) is 0 Å². The maximum atomic E-state index is 14.6. The minimum absolute atomic E-state index is 0.0471. The predicted octanol–water partition coefficient (Wildman–Crippen LogP) is 3.13. The standard InChI is InChI=1S/C33H42FN5O5/c34-27-9-4-3-8-26(27)32(41)38-16-17-43-18-19-44-30-11-5-10-28(36-30)31(40)35-24-20-29(39(22-24)25-6-1-2-7-25)33(42)37-14-12-23(21-38)13-15-37/h3-5,8-11,23-25,29H,1-2,6-7,12-22H2,(H,35,40)/t24-,29-/m0/s1. The van der Waals surface area contributed by atoms with Crippen LogP contribution in [0.25, 0.3) is 0 Å². The third-order valence-corrected chi connectivity index (χ3v) is 9.49. The first-order valence-corrected chi connectivity index (χ1v) is 16.0.